The second-order valence-electron chi connectivity index (χ2n) is 6.63. The summed E-state index contributed by atoms with van der Waals surface area (Å²) in [5, 5.41) is 11.3. The number of hydrogen-bond acceptors (Lipinski definition) is 8. The van der Waals surface area contributed by atoms with Crippen LogP contribution in [0.5, 0.6) is 0 Å². The Kier molecular flexibility index (Phi) is 10.8. The summed E-state index contributed by atoms with van der Waals surface area (Å²) < 4.78 is 0. The van der Waals surface area contributed by atoms with Crippen LogP contribution in [0, 0.1) is 0 Å². The van der Waals surface area contributed by atoms with Gasteiger partial charge in [-0.25, -0.2) is 0 Å². The van der Waals surface area contributed by atoms with Crippen LogP contribution in [-0.2, 0) is 38.4 Å². The molecule has 0 aromatic carbocycles. The van der Waals surface area contributed by atoms with Gasteiger partial charge in [-0.1, -0.05) is 0 Å². The van der Waals surface area contributed by atoms with Gasteiger partial charge in [0.2, 0.25) is 41.9 Å². The van der Waals surface area contributed by atoms with Crippen LogP contribution in [0.2, 0.25) is 0 Å². The van der Waals surface area contributed by atoms with Crippen LogP contribution in [0.25, 0.3) is 0 Å². The van der Waals surface area contributed by atoms with E-state index in [0.717, 1.165) is 9.80 Å². The van der Waals surface area contributed by atoms with E-state index in [9.17, 15) is 38.4 Å². The van der Waals surface area contributed by atoms with E-state index >= 15 is 0 Å². The molecule has 0 bridgehead atoms. The van der Waals surface area contributed by atoms with Crippen molar-refractivity contribution in [3.63, 3.8) is 0 Å². The first-order chi connectivity index (χ1) is 15.1. The van der Waals surface area contributed by atoms with E-state index in [4.69, 9.17) is 0 Å². The van der Waals surface area contributed by atoms with Crippen molar-refractivity contribution in [1.29, 1.82) is 0 Å². The van der Waals surface area contributed by atoms with Gasteiger partial charge in [-0.3, -0.25) is 38.4 Å². The molecule has 15 heteroatoms. The van der Waals surface area contributed by atoms with E-state index in [1.165, 1.54) is 6.92 Å². The smallest absolute Gasteiger partial charge is 0.243 e. The van der Waals surface area contributed by atoms with Crippen LogP contribution < -0.4 is 26.6 Å². The molecular formula is C17H25N7O8. The number of ketones is 1. The molecule has 0 radical (unpaired) electrons. The van der Waals surface area contributed by atoms with E-state index in [1.807, 2.05) is 0 Å². The standard InChI is InChI=1S/C17H25N7O8/c1-11(26)2-19-15(30)8-24-9-22-12(27)3-20-13(28)6-23(16(31)4-18-10-25)7-14(29)21-5-17(24)32/h10H,2-9H2,1H3,(H,18,25)(H,19,30)(H,20,28)(H,21,29)(H,22,27). The molecule has 1 aliphatic heterocycles. The minimum atomic E-state index is -0.771. The lowest BCUT2D eigenvalue weighted by Gasteiger charge is -2.25. The fourth-order valence-corrected chi connectivity index (χ4v) is 2.33. The molecule has 15 nitrogen and oxygen atoms in total. The van der Waals surface area contributed by atoms with Gasteiger partial charge in [-0.2, -0.15) is 0 Å². The van der Waals surface area contributed by atoms with E-state index in [-0.39, 0.29) is 18.7 Å². The SMILES string of the molecule is CC(=O)CNC(=O)CN1CNC(=O)CNC(=O)CN(C(=O)CNC=O)CC(=O)NCC1=O. The summed E-state index contributed by atoms with van der Waals surface area (Å²) >= 11 is 0. The lowest BCUT2D eigenvalue weighted by Crippen LogP contribution is -2.54. The van der Waals surface area contributed by atoms with Crippen molar-refractivity contribution < 1.29 is 38.4 Å². The quantitative estimate of drug-likeness (QED) is 0.234. The van der Waals surface area contributed by atoms with E-state index in [0.29, 0.717) is 0 Å². The minimum absolute atomic E-state index is 0.237. The summed E-state index contributed by atoms with van der Waals surface area (Å²) in [5.41, 5.74) is 0. The van der Waals surface area contributed by atoms with Crippen LogP contribution in [0.4, 0.5) is 0 Å². The highest BCUT2D eigenvalue weighted by Crippen LogP contribution is 1.93. The summed E-state index contributed by atoms with van der Waals surface area (Å²) in [5.74, 6) is -4.62. The zero-order chi connectivity index (χ0) is 24.1. The molecule has 0 atom stereocenters. The fourth-order valence-electron chi connectivity index (χ4n) is 2.33. The average molecular weight is 455 g/mol. The number of nitrogens with one attached hydrogen (secondary N) is 5. The summed E-state index contributed by atoms with van der Waals surface area (Å²) in [7, 11) is 0. The topological polar surface area (TPSA) is 203 Å². The summed E-state index contributed by atoms with van der Waals surface area (Å²) in [6.07, 6.45) is 0.270. The predicted octanol–water partition coefficient (Wildman–Crippen LogP) is -5.59. The van der Waals surface area contributed by atoms with Crippen LogP contribution in [0.3, 0.4) is 0 Å². The molecule has 0 aromatic rings. The lowest BCUT2D eigenvalue weighted by atomic mass is 10.3. The molecule has 176 valence electrons. The maximum atomic E-state index is 12.4. The third-order valence-corrected chi connectivity index (χ3v) is 3.93. The molecule has 0 aliphatic carbocycles. The van der Waals surface area contributed by atoms with Gasteiger partial charge in [-0.05, 0) is 6.92 Å². The molecule has 1 saturated heterocycles. The molecule has 7 amide bonds. The van der Waals surface area contributed by atoms with Crippen molar-refractivity contribution >= 4 is 47.6 Å². The van der Waals surface area contributed by atoms with Gasteiger partial charge in [0.15, 0.2) is 0 Å². The predicted molar refractivity (Wildman–Crippen MR) is 105 cm³/mol. The number of amides is 7. The second-order valence-corrected chi connectivity index (χ2v) is 6.63. The highest BCUT2D eigenvalue weighted by molar-refractivity contribution is 5.94. The summed E-state index contributed by atoms with van der Waals surface area (Å²) in [6, 6.07) is 0. The van der Waals surface area contributed by atoms with Crippen LogP contribution in [-0.4, -0.2) is 110 Å². The molecule has 0 saturated carbocycles. The Morgan fingerprint density at radius 1 is 0.938 bits per heavy atom. The van der Waals surface area contributed by atoms with Crippen molar-refractivity contribution in [3.05, 3.63) is 0 Å². The number of Topliss-reactive ketones (excluding diaryl/α,β-unsaturated/α-hetero) is 1. The van der Waals surface area contributed by atoms with Crippen LogP contribution in [0.15, 0.2) is 0 Å². The van der Waals surface area contributed by atoms with Crippen molar-refractivity contribution in [2.75, 3.05) is 52.5 Å². The van der Waals surface area contributed by atoms with Gasteiger partial charge in [0, 0.05) is 0 Å². The largest absolute Gasteiger partial charge is 0.350 e. The maximum absolute atomic E-state index is 12.4. The average Bonchev–Trinajstić information content (AvgIpc) is 2.74. The Balaban J connectivity index is 2.90. The van der Waals surface area contributed by atoms with Crippen LogP contribution >= 0.6 is 0 Å². The number of nitrogens with zero attached hydrogens (tertiary/aromatic N) is 2. The molecule has 1 fully saturated rings. The number of hydrogen-bond donors (Lipinski definition) is 5. The number of carbonyl (C=O) groups is 8. The first-order valence-electron chi connectivity index (χ1n) is 9.41. The maximum Gasteiger partial charge on any atom is 0.243 e. The van der Waals surface area contributed by atoms with Gasteiger partial charge in [0.25, 0.3) is 0 Å². The van der Waals surface area contributed by atoms with E-state index in [1.54, 1.807) is 0 Å². The van der Waals surface area contributed by atoms with Gasteiger partial charge in [0.05, 0.1) is 32.8 Å². The van der Waals surface area contributed by atoms with Crippen molar-refractivity contribution in [3.8, 4) is 0 Å². The molecule has 0 spiro atoms. The van der Waals surface area contributed by atoms with Crippen LogP contribution in [0.1, 0.15) is 6.92 Å². The van der Waals surface area contributed by atoms with E-state index < -0.39 is 81.4 Å². The van der Waals surface area contributed by atoms with Crippen molar-refractivity contribution in [1.82, 2.24) is 36.4 Å². The monoisotopic (exact) mass is 455 g/mol. The Morgan fingerprint density at radius 3 is 2.16 bits per heavy atom. The van der Waals surface area contributed by atoms with Gasteiger partial charge < -0.3 is 36.4 Å². The Bertz CT molecular complexity index is 785. The molecule has 32 heavy (non-hydrogen) atoms. The van der Waals surface area contributed by atoms with E-state index in [2.05, 4.69) is 26.6 Å². The van der Waals surface area contributed by atoms with Gasteiger partial charge in [0.1, 0.15) is 25.4 Å². The minimum Gasteiger partial charge on any atom is -0.350 e. The zero-order valence-electron chi connectivity index (χ0n) is 17.4. The number of carbonyl (C=O) groups excluding carboxylic acids is 8. The first-order valence-corrected chi connectivity index (χ1v) is 9.41. The third-order valence-electron chi connectivity index (χ3n) is 3.93. The van der Waals surface area contributed by atoms with Gasteiger partial charge in [-0.15, -0.1) is 0 Å². The molecule has 5 N–H and O–H groups in total. The number of rotatable bonds is 7. The van der Waals surface area contributed by atoms with Crippen molar-refractivity contribution in [2.45, 2.75) is 6.92 Å². The molecule has 1 aliphatic rings. The molecule has 0 unspecified atom stereocenters. The van der Waals surface area contributed by atoms with Crippen molar-refractivity contribution in [2.24, 2.45) is 0 Å². The highest BCUT2D eigenvalue weighted by atomic mass is 16.2. The molecule has 1 rings (SSSR count). The second kappa shape index (κ2) is 13.3. The molecule has 0 aromatic heterocycles. The first kappa shape index (κ1) is 26.0. The lowest BCUT2D eigenvalue weighted by molar-refractivity contribution is -0.141. The zero-order valence-corrected chi connectivity index (χ0v) is 17.4. The normalized spacial score (nSPS) is 16.2. The Hall–Kier alpha value is -4.04. The third kappa shape index (κ3) is 10.1. The molecule has 1 heterocycles. The Morgan fingerprint density at radius 2 is 1.56 bits per heavy atom. The summed E-state index contributed by atoms with van der Waals surface area (Å²) in [6.45, 7) is -2.53. The Labute approximate surface area is 182 Å². The van der Waals surface area contributed by atoms with Gasteiger partial charge >= 0.3 is 0 Å². The molecular weight excluding hydrogens is 430 g/mol. The summed E-state index contributed by atoms with van der Waals surface area (Å²) in [4.78, 5) is 95.8. The highest BCUT2D eigenvalue weighted by Gasteiger charge is 2.23. The fraction of sp³-hybridized carbons (Fsp3) is 0.529.